The van der Waals surface area contributed by atoms with Gasteiger partial charge in [-0.1, -0.05) is 12.1 Å². The van der Waals surface area contributed by atoms with E-state index in [1.807, 2.05) is 0 Å². The van der Waals surface area contributed by atoms with Gasteiger partial charge in [0.1, 0.15) is 5.82 Å². The van der Waals surface area contributed by atoms with Gasteiger partial charge in [0.25, 0.3) is 0 Å². The van der Waals surface area contributed by atoms with E-state index in [1.165, 1.54) is 24.4 Å². The van der Waals surface area contributed by atoms with Crippen molar-refractivity contribution >= 4 is 17.5 Å². The second-order valence-electron chi connectivity index (χ2n) is 5.59. The molecule has 1 aromatic heterocycles. The number of carbonyl (C=O) groups is 2. The van der Waals surface area contributed by atoms with E-state index in [0.29, 0.717) is 28.5 Å². The van der Waals surface area contributed by atoms with Crippen molar-refractivity contribution in [1.29, 1.82) is 0 Å². The maximum Gasteiger partial charge on any atom is 0.248 e. The molecule has 0 atom stereocenters. The molecule has 3 aromatic rings. The second-order valence-corrected chi connectivity index (χ2v) is 5.59. The van der Waals surface area contributed by atoms with Crippen LogP contribution < -0.4 is 11.1 Å². The topological polar surface area (TPSA) is 98.2 Å². The Morgan fingerprint density at radius 1 is 1.12 bits per heavy atom. The van der Waals surface area contributed by atoms with Crippen LogP contribution in [0.5, 0.6) is 0 Å². The van der Waals surface area contributed by atoms with Crippen LogP contribution in [0.25, 0.3) is 11.3 Å². The van der Waals surface area contributed by atoms with Crippen LogP contribution in [0.1, 0.15) is 22.7 Å². The van der Waals surface area contributed by atoms with Crippen LogP contribution >= 0.6 is 0 Å². The van der Waals surface area contributed by atoms with Crippen LogP contribution in [0.15, 0.2) is 59.1 Å². The maximum atomic E-state index is 13.7. The summed E-state index contributed by atoms with van der Waals surface area (Å²) in [6.07, 6.45) is 1.86. The molecule has 0 radical (unpaired) electrons. The zero-order valence-electron chi connectivity index (χ0n) is 13.7. The summed E-state index contributed by atoms with van der Waals surface area (Å²) in [7, 11) is 0. The highest BCUT2D eigenvalue weighted by Gasteiger charge is 2.12. The summed E-state index contributed by atoms with van der Waals surface area (Å²) >= 11 is 0. The lowest BCUT2D eigenvalue weighted by molar-refractivity contribution is -0.116. The summed E-state index contributed by atoms with van der Waals surface area (Å²) in [6, 6.07) is 12.5. The van der Waals surface area contributed by atoms with Crippen molar-refractivity contribution in [2.75, 3.05) is 5.32 Å². The Morgan fingerprint density at radius 2 is 1.85 bits per heavy atom. The lowest BCUT2D eigenvalue weighted by Crippen LogP contribution is -2.13. The summed E-state index contributed by atoms with van der Waals surface area (Å²) < 4.78 is 19.2. The average molecular weight is 353 g/mol. The number of hydrogen-bond acceptors (Lipinski definition) is 4. The fourth-order valence-electron chi connectivity index (χ4n) is 2.37. The Kier molecular flexibility index (Phi) is 5.07. The number of hydrogen-bond donors (Lipinski definition) is 2. The number of carbonyl (C=O) groups excluding carboxylic acids is 2. The molecule has 0 aliphatic rings. The van der Waals surface area contributed by atoms with Crippen LogP contribution in [0, 0.1) is 5.82 Å². The van der Waals surface area contributed by atoms with Gasteiger partial charge in [0.05, 0.1) is 11.8 Å². The van der Waals surface area contributed by atoms with Crippen molar-refractivity contribution in [3.63, 3.8) is 0 Å². The number of rotatable bonds is 6. The zero-order chi connectivity index (χ0) is 18.5. The summed E-state index contributed by atoms with van der Waals surface area (Å²) in [6.45, 7) is 0. The number of benzene rings is 2. The molecule has 0 bridgehead atoms. The van der Waals surface area contributed by atoms with Gasteiger partial charge < -0.3 is 15.5 Å². The number of nitrogens with two attached hydrogens (primary N) is 1. The SMILES string of the molecule is NC(=O)c1ccc(NC(=O)CCc2ncc(-c3ccccc3F)o2)cc1. The largest absolute Gasteiger partial charge is 0.441 e. The minimum Gasteiger partial charge on any atom is -0.441 e. The Morgan fingerprint density at radius 3 is 2.54 bits per heavy atom. The fourth-order valence-corrected chi connectivity index (χ4v) is 2.37. The van der Waals surface area contributed by atoms with Gasteiger partial charge >= 0.3 is 0 Å². The highest BCUT2D eigenvalue weighted by molar-refractivity contribution is 5.94. The van der Waals surface area contributed by atoms with Gasteiger partial charge in [-0.05, 0) is 36.4 Å². The van der Waals surface area contributed by atoms with Crippen molar-refractivity contribution in [1.82, 2.24) is 4.98 Å². The Bertz CT molecular complexity index is 935. The van der Waals surface area contributed by atoms with Crippen LogP contribution in [-0.4, -0.2) is 16.8 Å². The third-order valence-corrected chi connectivity index (χ3v) is 3.71. The van der Waals surface area contributed by atoms with E-state index in [1.54, 1.807) is 30.3 Å². The van der Waals surface area contributed by atoms with E-state index in [0.717, 1.165) is 0 Å². The molecule has 1 heterocycles. The molecule has 0 unspecified atom stereocenters. The summed E-state index contributed by atoms with van der Waals surface area (Å²) in [5.41, 5.74) is 6.41. The first-order chi connectivity index (χ1) is 12.5. The van der Waals surface area contributed by atoms with Crippen molar-refractivity contribution in [2.45, 2.75) is 12.8 Å². The molecule has 2 aromatic carbocycles. The number of aromatic nitrogens is 1. The van der Waals surface area contributed by atoms with E-state index in [2.05, 4.69) is 10.3 Å². The van der Waals surface area contributed by atoms with Crippen molar-refractivity contribution in [3.8, 4) is 11.3 Å². The third-order valence-electron chi connectivity index (χ3n) is 3.71. The van der Waals surface area contributed by atoms with Crippen molar-refractivity contribution < 1.29 is 18.4 Å². The number of primary amides is 1. The molecule has 3 rings (SSSR count). The van der Waals surface area contributed by atoms with Gasteiger partial charge in [0.15, 0.2) is 11.7 Å². The van der Waals surface area contributed by atoms with Crippen LogP contribution in [0.4, 0.5) is 10.1 Å². The number of aryl methyl sites for hydroxylation is 1. The number of halogens is 1. The minimum atomic E-state index is -0.530. The van der Waals surface area contributed by atoms with E-state index in [4.69, 9.17) is 10.2 Å². The van der Waals surface area contributed by atoms with Gasteiger partial charge in [-0.3, -0.25) is 9.59 Å². The van der Waals surface area contributed by atoms with E-state index in [-0.39, 0.29) is 18.7 Å². The van der Waals surface area contributed by atoms with Gasteiger partial charge in [-0.25, -0.2) is 9.37 Å². The first-order valence-corrected chi connectivity index (χ1v) is 7.92. The number of amides is 2. The van der Waals surface area contributed by atoms with E-state index in [9.17, 15) is 14.0 Å². The average Bonchev–Trinajstić information content (AvgIpc) is 3.09. The molecule has 26 heavy (non-hydrogen) atoms. The first kappa shape index (κ1) is 17.3. The third kappa shape index (κ3) is 4.13. The molecule has 0 saturated heterocycles. The number of nitrogens with one attached hydrogen (secondary N) is 1. The normalized spacial score (nSPS) is 10.5. The molecule has 0 spiro atoms. The molecule has 132 valence electrons. The lowest BCUT2D eigenvalue weighted by atomic mass is 10.2. The molecule has 0 fully saturated rings. The van der Waals surface area contributed by atoms with Crippen molar-refractivity contribution in [2.24, 2.45) is 5.73 Å². The Balaban J connectivity index is 1.56. The number of oxazole rings is 1. The smallest absolute Gasteiger partial charge is 0.248 e. The van der Waals surface area contributed by atoms with Gasteiger partial charge in [-0.2, -0.15) is 0 Å². The molecule has 0 aliphatic heterocycles. The van der Waals surface area contributed by atoms with Gasteiger partial charge in [0.2, 0.25) is 11.8 Å². The molecule has 0 aliphatic carbocycles. The van der Waals surface area contributed by atoms with Crippen LogP contribution in [-0.2, 0) is 11.2 Å². The Hall–Kier alpha value is -3.48. The second kappa shape index (κ2) is 7.60. The standard InChI is InChI=1S/C19H16FN3O3/c20-15-4-2-1-3-14(15)16-11-22-18(26-16)10-9-17(24)23-13-7-5-12(6-8-13)19(21)25/h1-8,11H,9-10H2,(H2,21,25)(H,23,24). The summed E-state index contributed by atoms with van der Waals surface area (Å²) in [5, 5.41) is 2.71. The fraction of sp³-hybridized carbons (Fsp3) is 0.105. The maximum absolute atomic E-state index is 13.7. The first-order valence-electron chi connectivity index (χ1n) is 7.92. The predicted octanol–water partition coefficient (Wildman–Crippen LogP) is 3.15. The predicted molar refractivity (Wildman–Crippen MR) is 93.8 cm³/mol. The van der Waals surface area contributed by atoms with Crippen molar-refractivity contribution in [3.05, 3.63) is 72.0 Å². The number of anilines is 1. The van der Waals surface area contributed by atoms with Gasteiger partial charge in [0, 0.05) is 24.1 Å². The minimum absolute atomic E-state index is 0.148. The molecule has 0 saturated carbocycles. The van der Waals surface area contributed by atoms with E-state index < -0.39 is 11.7 Å². The highest BCUT2D eigenvalue weighted by Crippen LogP contribution is 2.23. The van der Waals surface area contributed by atoms with E-state index >= 15 is 0 Å². The van der Waals surface area contributed by atoms with Gasteiger partial charge in [-0.15, -0.1) is 0 Å². The van der Waals surface area contributed by atoms with Crippen LogP contribution in [0.2, 0.25) is 0 Å². The number of nitrogens with zero attached hydrogens (tertiary/aromatic N) is 1. The summed E-state index contributed by atoms with van der Waals surface area (Å²) in [4.78, 5) is 27.1. The molecule has 3 N–H and O–H groups in total. The quantitative estimate of drug-likeness (QED) is 0.711. The monoisotopic (exact) mass is 353 g/mol. The summed E-state index contributed by atoms with van der Waals surface area (Å²) in [5.74, 6) is -0.490. The zero-order valence-corrected chi connectivity index (χ0v) is 13.7. The Labute approximate surface area is 148 Å². The molecule has 6 nitrogen and oxygen atoms in total. The molecule has 2 amide bonds. The highest BCUT2D eigenvalue weighted by atomic mass is 19.1. The molecule has 7 heteroatoms. The molecular formula is C19H16FN3O3. The lowest BCUT2D eigenvalue weighted by Gasteiger charge is -2.05. The van der Waals surface area contributed by atoms with Crippen LogP contribution in [0.3, 0.4) is 0 Å². The molecular weight excluding hydrogens is 337 g/mol.